The molecule has 2 N–H and O–H groups in total. The van der Waals surface area contributed by atoms with Crippen molar-refractivity contribution in [2.24, 2.45) is 0 Å². The number of aliphatic hydroxyl groups is 1. The summed E-state index contributed by atoms with van der Waals surface area (Å²) in [4.78, 5) is 0. The number of nitrogens with one attached hydrogen (secondary N) is 1. The first-order valence-corrected chi connectivity index (χ1v) is 5.97. The molecule has 108 valence electrons. The highest BCUT2D eigenvalue weighted by molar-refractivity contribution is 5.43. The Balaban J connectivity index is 2.86. The van der Waals surface area contributed by atoms with Crippen LogP contribution in [-0.4, -0.2) is 31.5 Å². The molecule has 0 saturated heterocycles. The van der Waals surface area contributed by atoms with E-state index in [0.717, 1.165) is 5.56 Å². The van der Waals surface area contributed by atoms with Gasteiger partial charge in [0.05, 0.1) is 13.7 Å². The maximum absolute atomic E-state index is 12.2. The summed E-state index contributed by atoms with van der Waals surface area (Å²) in [6.07, 6.45) is 0. The van der Waals surface area contributed by atoms with Gasteiger partial charge in [0, 0.05) is 12.1 Å². The maximum Gasteiger partial charge on any atom is 0.387 e. The lowest BCUT2D eigenvalue weighted by molar-refractivity contribution is -0.0512. The number of ether oxygens (including phenoxy) is 2. The summed E-state index contributed by atoms with van der Waals surface area (Å²) in [7, 11) is 1.39. The van der Waals surface area contributed by atoms with Crippen molar-refractivity contribution in [1.29, 1.82) is 0 Å². The zero-order valence-electron chi connectivity index (χ0n) is 11.2. The van der Waals surface area contributed by atoms with Gasteiger partial charge in [-0.05, 0) is 31.5 Å². The Morgan fingerprint density at radius 3 is 2.47 bits per heavy atom. The molecule has 0 fully saturated rings. The summed E-state index contributed by atoms with van der Waals surface area (Å²) in [5.74, 6) is 0.256. The first-order valence-electron chi connectivity index (χ1n) is 5.97. The standard InChI is InChI=1S/C13H19F2NO3/c1-8(7-17)16-9(2)10-4-5-11(19-13(14)15)12(6-10)18-3/h4-6,8-9,13,16-17H,7H2,1-3H3/t8-,9?/m1/s1. The number of halogens is 2. The fraction of sp³-hybridized carbons (Fsp3) is 0.538. The van der Waals surface area contributed by atoms with Gasteiger partial charge in [0.2, 0.25) is 0 Å². The van der Waals surface area contributed by atoms with Crippen LogP contribution in [0.1, 0.15) is 25.5 Å². The average Bonchev–Trinajstić information content (AvgIpc) is 2.38. The molecule has 1 unspecified atom stereocenters. The van der Waals surface area contributed by atoms with Crippen LogP contribution in [-0.2, 0) is 0 Å². The number of alkyl halides is 2. The van der Waals surface area contributed by atoms with E-state index < -0.39 is 6.61 Å². The van der Waals surface area contributed by atoms with Gasteiger partial charge in [-0.2, -0.15) is 8.78 Å². The lowest BCUT2D eigenvalue weighted by atomic mass is 10.1. The first-order chi connectivity index (χ1) is 8.97. The van der Waals surface area contributed by atoms with Crippen LogP contribution < -0.4 is 14.8 Å². The minimum absolute atomic E-state index is 0.00339. The van der Waals surface area contributed by atoms with Crippen molar-refractivity contribution in [3.8, 4) is 11.5 Å². The van der Waals surface area contributed by atoms with Crippen molar-refractivity contribution >= 4 is 0 Å². The molecule has 2 atom stereocenters. The lowest BCUT2D eigenvalue weighted by Crippen LogP contribution is -2.31. The molecule has 19 heavy (non-hydrogen) atoms. The van der Waals surface area contributed by atoms with Crippen LogP contribution in [0, 0.1) is 0 Å². The van der Waals surface area contributed by atoms with E-state index in [1.54, 1.807) is 12.1 Å². The number of rotatable bonds is 7. The molecule has 0 amide bonds. The van der Waals surface area contributed by atoms with Crippen LogP contribution in [0.15, 0.2) is 18.2 Å². The molecule has 0 aliphatic carbocycles. The topological polar surface area (TPSA) is 50.7 Å². The number of hydrogen-bond acceptors (Lipinski definition) is 4. The third-order valence-corrected chi connectivity index (χ3v) is 2.71. The molecule has 0 spiro atoms. The van der Waals surface area contributed by atoms with E-state index in [1.165, 1.54) is 13.2 Å². The van der Waals surface area contributed by atoms with Crippen LogP contribution in [0.25, 0.3) is 0 Å². The largest absolute Gasteiger partial charge is 0.493 e. The Hall–Kier alpha value is -1.40. The van der Waals surface area contributed by atoms with E-state index in [4.69, 9.17) is 9.84 Å². The molecule has 0 radical (unpaired) electrons. The second-order valence-electron chi connectivity index (χ2n) is 4.26. The monoisotopic (exact) mass is 275 g/mol. The molecule has 1 rings (SSSR count). The minimum atomic E-state index is -2.88. The second kappa shape index (κ2) is 7.25. The fourth-order valence-corrected chi connectivity index (χ4v) is 1.72. The van der Waals surface area contributed by atoms with Crippen molar-refractivity contribution < 1.29 is 23.4 Å². The van der Waals surface area contributed by atoms with Crippen LogP contribution in [0.2, 0.25) is 0 Å². The summed E-state index contributed by atoms with van der Waals surface area (Å²) < 4.78 is 33.8. The summed E-state index contributed by atoms with van der Waals surface area (Å²) in [5.41, 5.74) is 0.860. The molecule has 0 heterocycles. The predicted octanol–water partition coefficient (Wildman–Crippen LogP) is 2.33. The van der Waals surface area contributed by atoms with Gasteiger partial charge in [-0.1, -0.05) is 6.07 Å². The zero-order valence-corrected chi connectivity index (χ0v) is 11.2. The molecule has 0 bridgehead atoms. The van der Waals surface area contributed by atoms with Gasteiger partial charge in [0.15, 0.2) is 11.5 Å². The quantitative estimate of drug-likeness (QED) is 0.802. The molecule has 0 aliphatic rings. The van der Waals surface area contributed by atoms with Crippen molar-refractivity contribution in [2.75, 3.05) is 13.7 Å². The number of aliphatic hydroxyl groups excluding tert-OH is 1. The SMILES string of the molecule is COc1cc(C(C)N[C@H](C)CO)ccc1OC(F)F. The van der Waals surface area contributed by atoms with Crippen LogP contribution in [0.5, 0.6) is 11.5 Å². The van der Waals surface area contributed by atoms with Gasteiger partial charge < -0.3 is 19.9 Å². The van der Waals surface area contributed by atoms with Crippen LogP contribution >= 0.6 is 0 Å². The number of benzene rings is 1. The third kappa shape index (κ3) is 4.65. The second-order valence-corrected chi connectivity index (χ2v) is 4.26. The highest BCUT2D eigenvalue weighted by Gasteiger charge is 2.14. The molecular formula is C13H19F2NO3. The molecule has 4 nitrogen and oxygen atoms in total. The lowest BCUT2D eigenvalue weighted by Gasteiger charge is -2.20. The highest BCUT2D eigenvalue weighted by Crippen LogP contribution is 2.31. The van der Waals surface area contributed by atoms with Gasteiger partial charge in [0.1, 0.15) is 0 Å². The van der Waals surface area contributed by atoms with E-state index in [9.17, 15) is 8.78 Å². The van der Waals surface area contributed by atoms with Crippen molar-refractivity contribution in [2.45, 2.75) is 32.5 Å². The van der Waals surface area contributed by atoms with E-state index >= 15 is 0 Å². The number of methoxy groups -OCH3 is 1. The first kappa shape index (κ1) is 15.7. The van der Waals surface area contributed by atoms with Gasteiger partial charge in [-0.25, -0.2) is 0 Å². The molecule has 0 aromatic heterocycles. The van der Waals surface area contributed by atoms with E-state index in [-0.39, 0.29) is 30.2 Å². The summed E-state index contributed by atoms with van der Waals surface area (Å²) in [5, 5.41) is 12.1. The van der Waals surface area contributed by atoms with Gasteiger partial charge >= 0.3 is 6.61 Å². The maximum atomic E-state index is 12.2. The van der Waals surface area contributed by atoms with Gasteiger partial charge in [-0.3, -0.25) is 0 Å². The van der Waals surface area contributed by atoms with E-state index in [0.29, 0.717) is 0 Å². The Bertz CT molecular complexity index is 401. The highest BCUT2D eigenvalue weighted by atomic mass is 19.3. The fourth-order valence-electron chi connectivity index (χ4n) is 1.72. The summed E-state index contributed by atoms with van der Waals surface area (Å²) in [6.45, 7) is 0.898. The predicted molar refractivity (Wildman–Crippen MR) is 67.7 cm³/mol. The minimum Gasteiger partial charge on any atom is -0.493 e. The Kier molecular flexibility index (Phi) is 5.98. The van der Waals surface area contributed by atoms with Crippen molar-refractivity contribution in [1.82, 2.24) is 5.32 Å². The zero-order chi connectivity index (χ0) is 14.4. The Labute approximate surface area is 111 Å². The number of hydrogen-bond donors (Lipinski definition) is 2. The molecular weight excluding hydrogens is 256 g/mol. The van der Waals surface area contributed by atoms with Crippen molar-refractivity contribution in [3.63, 3.8) is 0 Å². The molecule has 6 heteroatoms. The molecule has 1 aromatic rings. The summed E-state index contributed by atoms with van der Waals surface area (Å²) >= 11 is 0. The molecule has 1 aromatic carbocycles. The summed E-state index contributed by atoms with van der Waals surface area (Å²) in [6, 6.07) is 4.67. The van der Waals surface area contributed by atoms with Crippen LogP contribution in [0.3, 0.4) is 0 Å². The normalized spacial score (nSPS) is 14.3. The molecule has 0 aliphatic heterocycles. The third-order valence-electron chi connectivity index (χ3n) is 2.71. The van der Waals surface area contributed by atoms with Gasteiger partial charge in [0.25, 0.3) is 0 Å². The molecule has 0 saturated carbocycles. The van der Waals surface area contributed by atoms with E-state index in [1.807, 2.05) is 13.8 Å². The average molecular weight is 275 g/mol. The van der Waals surface area contributed by atoms with E-state index in [2.05, 4.69) is 10.1 Å². The Morgan fingerprint density at radius 2 is 1.95 bits per heavy atom. The Morgan fingerprint density at radius 1 is 1.26 bits per heavy atom. The van der Waals surface area contributed by atoms with Crippen LogP contribution in [0.4, 0.5) is 8.78 Å². The van der Waals surface area contributed by atoms with Gasteiger partial charge in [-0.15, -0.1) is 0 Å². The van der Waals surface area contributed by atoms with Crippen molar-refractivity contribution in [3.05, 3.63) is 23.8 Å². The smallest absolute Gasteiger partial charge is 0.387 e.